The third kappa shape index (κ3) is 1.80. The van der Waals surface area contributed by atoms with Crippen molar-refractivity contribution in [1.82, 2.24) is 0 Å². The van der Waals surface area contributed by atoms with Gasteiger partial charge in [0.25, 0.3) is 0 Å². The molecule has 1 N–H and O–H groups in total. The van der Waals surface area contributed by atoms with Crippen molar-refractivity contribution in [2.45, 2.75) is 25.6 Å². The number of hydrogen-bond donors (Lipinski definition) is 1. The summed E-state index contributed by atoms with van der Waals surface area (Å²) in [6.07, 6.45) is 2.13. The highest BCUT2D eigenvalue weighted by molar-refractivity contribution is 5.34. The second-order valence-electron chi connectivity index (χ2n) is 3.20. The van der Waals surface area contributed by atoms with Crippen LogP contribution in [0.25, 0.3) is 0 Å². The molecule has 70 valence electrons. The molecule has 13 heavy (non-hydrogen) atoms. The Labute approximate surface area is 76.0 Å². The lowest BCUT2D eigenvalue weighted by molar-refractivity contribution is 0.250. The molecule has 0 bridgehead atoms. The number of ether oxygens (including phenoxy) is 1. The summed E-state index contributed by atoms with van der Waals surface area (Å²) in [6.45, 7) is -0.181. The van der Waals surface area contributed by atoms with Gasteiger partial charge in [0.2, 0.25) is 0 Å². The Balaban J connectivity index is 2.27. The van der Waals surface area contributed by atoms with Crippen molar-refractivity contribution in [3.8, 4) is 5.75 Å². The number of rotatable bonds is 3. The van der Waals surface area contributed by atoms with Crippen molar-refractivity contribution in [3.05, 3.63) is 29.6 Å². The summed E-state index contributed by atoms with van der Waals surface area (Å²) < 4.78 is 18.5. The fourth-order valence-corrected chi connectivity index (χ4v) is 1.16. The molecule has 1 aromatic rings. The normalized spacial score (nSPS) is 15.8. The zero-order valence-corrected chi connectivity index (χ0v) is 7.16. The van der Waals surface area contributed by atoms with E-state index < -0.39 is 5.82 Å². The minimum Gasteiger partial charge on any atom is -0.487 e. The molecule has 0 unspecified atom stereocenters. The van der Waals surface area contributed by atoms with Crippen molar-refractivity contribution in [1.29, 1.82) is 0 Å². The van der Waals surface area contributed by atoms with Gasteiger partial charge in [-0.3, -0.25) is 0 Å². The van der Waals surface area contributed by atoms with Crippen molar-refractivity contribution >= 4 is 0 Å². The first-order valence-electron chi connectivity index (χ1n) is 4.36. The van der Waals surface area contributed by atoms with Gasteiger partial charge < -0.3 is 9.84 Å². The largest absolute Gasteiger partial charge is 0.487 e. The van der Waals surface area contributed by atoms with Crippen LogP contribution in [0.2, 0.25) is 0 Å². The highest BCUT2D eigenvalue weighted by Crippen LogP contribution is 2.31. The number of para-hydroxylation sites is 1. The third-order valence-corrected chi connectivity index (χ3v) is 2.03. The van der Waals surface area contributed by atoms with Crippen LogP contribution in [-0.4, -0.2) is 11.2 Å². The number of aliphatic hydroxyl groups excluding tert-OH is 1. The van der Waals surface area contributed by atoms with Crippen LogP contribution in [0, 0.1) is 5.82 Å². The van der Waals surface area contributed by atoms with E-state index in [4.69, 9.17) is 9.84 Å². The molecule has 0 radical (unpaired) electrons. The summed E-state index contributed by atoms with van der Waals surface area (Å²) in [4.78, 5) is 0. The molecule has 0 heterocycles. The molecule has 0 atom stereocenters. The summed E-state index contributed by atoms with van der Waals surface area (Å²) in [5.74, 6) is -0.175. The Hall–Kier alpha value is -1.09. The highest BCUT2D eigenvalue weighted by atomic mass is 19.1. The van der Waals surface area contributed by atoms with Crippen LogP contribution in [0.5, 0.6) is 5.75 Å². The first kappa shape index (κ1) is 8.51. The Morgan fingerprint density at radius 1 is 1.46 bits per heavy atom. The lowest BCUT2D eigenvalue weighted by Crippen LogP contribution is -2.02. The van der Waals surface area contributed by atoms with Crippen LogP contribution in [0.4, 0.5) is 4.39 Å². The average molecular weight is 182 g/mol. The minimum absolute atomic E-state index is 0.155. The Morgan fingerprint density at radius 3 is 2.85 bits per heavy atom. The quantitative estimate of drug-likeness (QED) is 0.773. The molecule has 2 nitrogen and oxygen atoms in total. The Morgan fingerprint density at radius 2 is 2.23 bits per heavy atom. The van der Waals surface area contributed by atoms with E-state index in [9.17, 15) is 4.39 Å². The van der Waals surface area contributed by atoms with Gasteiger partial charge in [0.05, 0.1) is 12.7 Å². The predicted molar refractivity (Wildman–Crippen MR) is 46.0 cm³/mol. The van der Waals surface area contributed by atoms with E-state index in [0.29, 0.717) is 5.56 Å². The number of benzene rings is 1. The van der Waals surface area contributed by atoms with Gasteiger partial charge in [0.1, 0.15) is 0 Å². The van der Waals surface area contributed by atoms with E-state index >= 15 is 0 Å². The minimum atomic E-state index is -0.390. The molecular formula is C10H11FO2. The van der Waals surface area contributed by atoms with Gasteiger partial charge in [-0.2, -0.15) is 0 Å². The van der Waals surface area contributed by atoms with E-state index in [1.54, 1.807) is 12.1 Å². The van der Waals surface area contributed by atoms with E-state index in [-0.39, 0.29) is 18.5 Å². The standard InChI is InChI=1S/C10H11FO2/c11-9-3-1-2-7(6-12)10(9)13-8-4-5-8/h1-3,8,12H,4-6H2. The van der Waals surface area contributed by atoms with Crippen LogP contribution >= 0.6 is 0 Å². The van der Waals surface area contributed by atoms with Gasteiger partial charge in [-0.05, 0) is 18.9 Å². The number of halogens is 1. The molecule has 1 saturated carbocycles. The Bertz CT molecular complexity index is 308. The van der Waals surface area contributed by atoms with Gasteiger partial charge in [-0.15, -0.1) is 0 Å². The molecule has 0 saturated heterocycles. The molecule has 1 fully saturated rings. The lowest BCUT2D eigenvalue weighted by Gasteiger charge is -2.09. The highest BCUT2D eigenvalue weighted by Gasteiger charge is 2.25. The van der Waals surface area contributed by atoms with Gasteiger partial charge in [0.15, 0.2) is 11.6 Å². The van der Waals surface area contributed by atoms with Gasteiger partial charge >= 0.3 is 0 Å². The molecule has 0 spiro atoms. The van der Waals surface area contributed by atoms with Crippen molar-refractivity contribution in [2.75, 3.05) is 0 Å². The maximum absolute atomic E-state index is 13.2. The van der Waals surface area contributed by atoms with Crippen LogP contribution in [-0.2, 0) is 6.61 Å². The van der Waals surface area contributed by atoms with E-state index in [0.717, 1.165) is 12.8 Å². The van der Waals surface area contributed by atoms with E-state index in [2.05, 4.69) is 0 Å². The van der Waals surface area contributed by atoms with Crippen molar-refractivity contribution in [3.63, 3.8) is 0 Å². The second-order valence-corrected chi connectivity index (χ2v) is 3.20. The maximum atomic E-state index is 13.2. The number of aliphatic hydroxyl groups is 1. The maximum Gasteiger partial charge on any atom is 0.165 e. The van der Waals surface area contributed by atoms with Crippen LogP contribution in [0.3, 0.4) is 0 Å². The fraction of sp³-hybridized carbons (Fsp3) is 0.400. The second kappa shape index (κ2) is 3.34. The molecule has 1 aliphatic carbocycles. The summed E-state index contributed by atoms with van der Waals surface area (Å²) in [7, 11) is 0. The summed E-state index contributed by atoms with van der Waals surface area (Å²) >= 11 is 0. The monoisotopic (exact) mass is 182 g/mol. The van der Waals surface area contributed by atoms with Crippen LogP contribution in [0.15, 0.2) is 18.2 Å². The first-order valence-corrected chi connectivity index (χ1v) is 4.36. The predicted octanol–water partition coefficient (Wildman–Crippen LogP) is 1.86. The van der Waals surface area contributed by atoms with E-state index in [1.807, 2.05) is 0 Å². The SMILES string of the molecule is OCc1cccc(F)c1OC1CC1. The topological polar surface area (TPSA) is 29.5 Å². The molecule has 2 rings (SSSR count). The Kier molecular flexibility index (Phi) is 2.19. The summed E-state index contributed by atoms with van der Waals surface area (Å²) in [5.41, 5.74) is 0.520. The average Bonchev–Trinajstić information content (AvgIpc) is 2.92. The molecule has 3 heteroatoms. The fourth-order valence-electron chi connectivity index (χ4n) is 1.16. The molecule has 1 aromatic carbocycles. The van der Waals surface area contributed by atoms with Crippen LogP contribution in [0.1, 0.15) is 18.4 Å². The van der Waals surface area contributed by atoms with Gasteiger partial charge in [-0.1, -0.05) is 12.1 Å². The van der Waals surface area contributed by atoms with Gasteiger partial charge in [0, 0.05) is 5.56 Å². The zero-order chi connectivity index (χ0) is 9.26. The molecule has 0 amide bonds. The summed E-state index contributed by atoms with van der Waals surface area (Å²) in [5, 5.41) is 8.93. The van der Waals surface area contributed by atoms with E-state index in [1.165, 1.54) is 6.07 Å². The van der Waals surface area contributed by atoms with Crippen molar-refractivity contribution in [2.24, 2.45) is 0 Å². The molecule has 0 aliphatic heterocycles. The van der Waals surface area contributed by atoms with Crippen LogP contribution < -0.4 is 4.74 Å². The molecule has 0 aromatic heterocycles. The smallest absolute Gasteiger partial charge is 0.165 e. The lowest BCUT2D eigenvalue weighted by atomic mass is 10.2. The van der Waals surface area contributed by atoms with Crippen molar-refractivity contribution < 1.29 is 14.2 Å². The third-order valence-electron chi connectivity index (χ3n) is 2.03. The molecule has 1 aliphatic rings. The van der Waals surface area contributed by atoms with Gasteiger partial charge in [-0.25, -0.2) is 4.39 Å². The zero-order valence-electron chi connectivity index (χ0n) is 7.16. The number of hydrogen-bond acceptors (Lipinski definition) is 2. The first-order chi connectivity index (χ1) is 6.31. The summed E-state index contributed by atoms with van der Waals surface area (Å²) in [6, 6.07) is 4.58. The molecular weight excluding hydrogens is 171 g/mol.